The molecule has 0 saturated carbocycles. The van der Waals surface area contributed by atoms with Crippen LogP contribution in [0.4, 0.5) is 5.69 Å². The van der Waals surface area contributed by atoms with Gasteiger partial charge >= 0.3 is 5.97 Å². The van der Waals surface area contributed by atoms with Gasteiger partial charge in [0.1, 0.15) is 24.7 Å². The Kier molecular flexibility index (Phi) is 21.7. The summed E-state index contributed by atoms with van der Waals surface area (Å²) in [7, 11) is -5.78. The second kappa shape index (κ2) is 26.9. The van der Waals surface area contributed by atoms with Crippen LogP contribution >= 0.6 is 0 Å². The number of fused-ring (bicyclic) bond motifs is 2. The molecule has 0 radical (unpaired) electrons. The van der Waals surface area contributed by atoms with Crippen LogP contribution in [0.5, 0.6) is 0 Å². The minimum Gasteiger partial charge on any atom is -0.456 e. The van der Waals surface area contributed by atoms with Gasteiger partial charge in [0.05, 0.1) is 69.6 Å². The van der Waals surface area contributed by atoms with Crippen LogP contribution in [0, 0.1) is 0 Å². The predicted octanol–water partition coefficient (Wildman–Crippen LogP) is 4.79. The van der Waals surface area contributed by atoms with Crippen LogP contribution in [0.15, 0.2) is 69.6 Å². The van der Waals surface area contributed by atoms with Gasteiger partial charge in [0.15, 0.2) is 13.1 Å². The van der Waals surface area contributed by atoms with Crippen molar-refractivity contribution in [1.29, 1.82) is 0 Å². The van der Waals surface area contributed by atoms with E-state index in [0.717, 1.165) is 16.5 Å². The Morgan fingerprint density at radius 3 is 1.97 bits per heavy atom. The van der Waals surface area contributed by atoms with E-state index in [1.165, 1.54) is 18.2 Å². The molecule has 22 heteroatoms. The van der Waals surface area contributed by atoms with E-state index in [1.807, 2.05) is 36.1 Å². The summed E-state index contributed by atoms with van der Waals surface area (Å²) in [5.41, 5.74) is 2.07. The molecule has 1 saturated heterocycles. The lowest BCUT2D eigenvalue weighted by atomic mass is 9.77. The molecule has 1 unspecified atom stereocenters. The lowest BCUT2D eigenvalue weighted by molar-refractivity contribution is -0.197. The molecule has 20 nitrogen and oxygen atoms in total. The zero-order chi connectivity index (χ0) is 52.5. The summed E-state index contributed by atoms with van der Waals surface area (Å²) in [6, 6.07) is 12.1. The van der Waals surface area contributed by atoms with Crippen LogP contribution in [-0.4, -0.2) is 154 Å². The molecule has 1 atom stereocenters. The van der Waals surface area contributed by atoms with Gasteiger partial charge in [-0.2, -0.15) is 16.8 Å². The summed E-state index contributed by atoms with van der Waals surface area (Å²) in [6.07, 6.45) is 5.30. The van der Waals surface area contributed by atoms with Crippen LogP contribution in [0.2, 0.25) is 0 Å². The van der Waals surface area contributed by atoms with Crippen molar-refractivity contribution in [1.82, 2.24) is 9.64 Å². The molecule has 0 aromatic heterocycles. The number of benzene rings is 2. The maximum Gasteiger partial charge on any atom is 0.333 e. The minimum absolute atomic E-state index is 0.0151. The van der Waals surface area contributed by atoms with Crippen molar-refractivity contribution in [3.63, 3.8) is 0 Å². The molecule has 2 amide bonds. The number of methoxy groups -OCH3 is 2. The summed E-state index contributed by atoms with van der Waals surface area (Å²) in [4.78, 5) is 43.7. The largest absolute Gasteiger partial charge is 0.456 e. The first-order chi connectivity index (χ1) is 34.2. The molecule has 3 aliphatic heterocycles. The number of hydrogen-bond donors (Lipinski definition) is 2. The maximum atomic E-state index is 12.9. The van der Waals surface area contributed by atoms with Crippen LogP contribution in [0.3, 0.4) is 0 Å². The Hall–Kier alpha value is -4.88. The predicted molar refractivity (Wildman–Crippen MR) is 266 cm³/mol. The fraction of sp³-hybridized carbons (Fsp3) is 0.560. The van der Waals surface area contributed by atoms with Crippen LogP contribution in [0.1, 0.15) is 83.1 Å². The molecular weight excluding hydrogens is 979 g/mol. The third-order valence-corrected chi connectivity index (χ3v) is 13.8. The van der Waals surface area contributed by atoms with Crippen molar-refractivity contribution in [3.8, 4) is 11.3 Å². The van der Waals surface area contributed by atoms with E-state index < -0.39 is 49.2 Å². The molecule has 1 aromatic carbocycles. The SMILES string of the molecule is COCCOCCOCC[N+](CCOCCOCCOC)=c1ccc2c(C(C)(C)C)cc(/C=C/C=C3/N(CCCS(=O)(=O)O)c4ccc(S(=O)(=O)O)cc4C3(C)CCCC(=O)ON3C(=O)CCC3=O)oc-2c1. The average molecular weight is 1050 g/mol. The maximum absolute atomic E-state index is 12.9. The number of rotatable bonds is 30. The van der Waals surface area contributed by atoms with Gasteiger partial charge in [-0.05, 0) is 85.2 Å². The molecule has 1 fully saturated rings. The molecule has 3 heterocycles. The highest BCUT2D eigenvalue weighted by Gasteiger charge is 2.44. The highest BCUT2D eigenvalue weighted by molar-refractivity contribution is 7.86. The van der Waals surface area contributed by atoms with Gasteiger partial charge in [0.25, 0.3) is 32.1 Å². The molecule has 398 valence electrons. The third kappa shape index (κ3) is 16.8. The monoisotopic (exact) mass is 1050 g/mol. The van der Waals surface area contributed by atoms with Gasteiger partial charge in [-0.3, -0.25) is 18.7 Å². The Morgan fingerprint density at radius 2 is 1.40 bits per heavy atom. The molecule has 1 aromatic rings. The molecule has 0 bridgehead atoms. The average Bonchev–Trinajstić information content (AvgIpc) is 3.75. The number of nitrogens with zero attached hydrogens (tertiary/aromatic N) is 3. The number of anilines is 1. The molecule has 0 spiro atoms. The quantitative estimate of drug-likeness (QED) is 0.0394. The van der Waals surface area contributed by atoms with Crippen molar-refractivity contribution in [2.45, 2.75) is 81.9 Å². The lowest BCUT2D eigenvalue weighted by Gasteiger charge is -2.30. The van der Waals surface area contributed by atoms with E-state index in [4.69, 9.17) is 37.7 Å². The number of hydroxylamine groups is 2. The summed E-state index contributed by atoms with van der Waals surface area (Å²) in [5, 5.41) is 1.35. The van der Waals surface area contributed by atoms with Crippen molar-refractivity contribution >= 4 is 49.8 Å². The van der Waals surface area contributed by atoms with Crippen molar-refractivity contribution in [2.75, 3.05) is 111 Å². The van der Waals surface area contributed by atoms with Crippen molar-refractivity contribution in [2.24, 2.45) is 0 Å². The number of ether oxygens (including phenoxy) is 6. The first-order valence-corrected chi connectivity index (χ1v) is 27.0. The Balaban J connectivity index is 1.52. The summed E-state index contributed by atoms with van der Waals surface area (Å²) in [5.74, 6) is -1.50. The zero-order valence-corrected chi connectivity index (χ0v) is 43.7. The normalized spacial score (nSPS) is 17.0. The summed E-state index contributed by atoms with van der Waals surface area (Å²) < 4.78 is 110. The van der Waals surface area contributed by atoms with Gasteiger partial charge in [0, 0.05) is 68.5 Å². The number of allylic oxidation sites excluding steroid dienone is 3. The van der Waals surface area contributed by atoms with Gasteiger partial charge < -0.3 is 42.6 Å². The Bertz CT molecular complexity index is 2620. The highest BCUT2D eigenvalue weighted by Crippen LogP contribution is 2.51. The molecule has 5 rings (SSSR count). The number of hydrogen-bond acceptors (Lipinski definition) is 16. The summed E-state index contributed by atoms with van der Waals surface area (Å²) >= 11 is 0. The Morgan fingerprint density at radius 1 is 0.806 bits per heavy atom. The van der Waals surface area contributed by atoms with Gasteiger partial charge in [-0.25, -0.2) is 9.37 Å². The smallest absolute Gasteiger partial charge is 0.333 e. The second-order valence-corrected chi connectivity index (χ2v) is 21.5. The standard InChI is InChI=1S/C50H69N3O17S2/c1-49(2,3)41-35-38(69-44-34-37(13-15-40(41)44)51(21-23-65-29-31-67-27-25-63-5)22-24-66-30-32-68-28-26-64-6)10-7-11-45-50(4,19-8-12-48(56)70-53-46(54)17-18-47(53)55)42-36-39(72(60,61)62)14-16-43(42)52(45)20-9-33-71(57,58)59/h7,10-11,13-16,34-36H,8-9,12,17-33H2,1-6H3,(H-,57,58,59,60,61,62)/p+1. The highest BCUT2D eigenvalue weighted by atomic mass is 32.2. The summed E-state index contributed by atoms with van der Waals surface area (Å²) in [6.45, 7) is 13.8. The van der Waals surface area contributed by atoms with Gasteiger partial charge in [-0.1, -0.05) is 26.8 Å². The molecule has 72 heavy (non-hydrogen) atoms. The van der Waals surface area contributed by atoms with E-state index in [1.54, 1.807) is 32.4 Å². The van der Waals surface area contributed by atoms with Gasteiger partial charge in [-0.15, -0.1) is 5.06 Å². The van der Waals surface area contributed by atoms with E-state index in [0.29, 0.717) is 113 Å². The molecular formula is C50H70N3O17S2+. The van der Waals surface area contributed by atoms with Crippen LogP contribution in [0.25, 0.3) is 17.4 Å². The molecule has 2 N–H and O–H groups in total. The second-order valence-electron chi connectivity index (χ2n) is 18.5. The number of amides is 2. The third-order valence-electron chi connectivity index (χ3n) is 12.1. The van der Waals surface area contributed by atoms with Gasteiger partial charge in [0.2, 0.25) is 5.36 Å². The topological polar surface area (TPSA) is 247 Å². The van der Waals surface area contributed by atoms with E-state index in [9.17, 15) is 40.3 Å². The van der Waals surface area contributed by atoms with Crippen molar-refractivity contribution in [3.05, 3.63) is 82.6 Å². The van der Waals surface area contributed by atoms with Crippen molar-refractivity contribution < 1.29 is 78.0 Å². The van der Waals surface area contributed by atoms with Crippen LogP contribution < -0.4 is 14.8 Å². The van der Waals surface area contributed by atoms with E-state index in [-0.39, 0.29) is 55.4 Å². The van der Waals surface area contributed by atoms with Crippen LogP contribution in [-0.2, 0) is 78.7 Å². The zero-order valence-electron chi connectivity index (χ0n) is 42.1. The number of carbonyl (C=O) groups excluding carboxylic acids is 3. The molecule has 1 aliphatic carbocycles. The minimum atomic E-state index is -4.67. The van der Waals surface area contributed by atoms with E-state index >= 15 is 0 Å². The first-order valence-electron chi connectivity index (χ1n) is 23.9. The molecule has 4 aliphatic rings. The number of carbonyl (C=O) groups is 3. The fourth-order valence-corrected chi connectivity index (χ4v) is 9.47. The Labute approximate surface area is 422 Å². The number of imide groups is 1. The van der Waals surface area contributed by atoms with E-state index in [2.05, 4.69) is 25.3 Å². The fourth-order valence-electron chi connectivity index (χ4n) is 8.47. The lowest BCUT2D eigenvalue weighted by Crippen LogP contribution is -2.36. The first kappa shape index (κ1) is 58.0.